The van der Waals surface area contributed by atoms with E-state index in [1.54, 1.807) is 0 Å². The topological polar surface area (TPSA) is 78.9 Å². The van der Waals surface area contributed by atoms with E-state index in [1.165, 1.54) is 51.4 Å². The van der Waals surface area contributed by atoms with Crippen molar-refractivity contribution in [3.05, 3.63) is 146 Å². The van der Waals surface area contributed by atoms with Crippen LogP contribution in [0.15, 0.2) is 146 Å². The molecule has 0 amide bonds. The van der Waals surface area contributed by atoms with Gasteiger partial charge in [-0.3, -0.25) is 14.4 Å². The maximum absolute atomic E-state index is 12.8. The van der Waals surface area contributed by atoms with Gasteiger partial charge in [-0.05, 0) is 135 Å². The molecule has 0 aliphatic carbocycles. The zero-order valence-corrected chi connectivity index (χ0v) is 45.4. The number of rotatable bonds is 49. The summed E-state index contributed by atoms with van der Waals surface area (Å²) in [7, 11) is 0. The van der Waals surface area contributed by atoms with Gasteiger partial charge in [-0.15, -0.1) is 0 Å². The molecule has 1 atom stereocenters. The van der Waals surface area contributed by atoms with Crippen molar-refractivity contribution in [3.63, 3.8) is 0 Å². The number of carbonyl (C=O) groups excluding carboxylic acids is 3. The van der Waals surface area contributed by atoms with Gasteiger partial charge in [0.15, 0.2) is 6.10 Å². The van der Waals surface area contributed by atoms with E-state index in [2.05, 4.69) is 167 Å². The van der Waals surface area contributed by atoms with E-state index in [0.29, 0.717) is 19.3 Å². The van der Waals surface area contributed by atoms with Crippen LogP contribution in [0.1, 0.15) is 226 Å². The second-order valence-electron chi connectivity index (χ2n) is 18.1. The summed E-state index contributed by atoms with van der Waals surface area (Å²) in [6.07, 6.45) is 82.7. The van der Waals surface area contributed by atoms with E-state index in [4.69, 9.17) is 14.2 Å². The highest BCUT2D eigenvalue weighted by Crippen LogP contribution is 2.12. The first-order valence-corrected chi connectivity index (χ1v) is 28.3. The largest absolute Gasteiger partial charge is 0.462 e. The number of hydrogen-bond acceptors (Lipinski definition) is 6. The summed E-state index contributed by atoms with van der Waals surface area (Å²) in [6, 6.07) is 0. The molecule has 0 saturated carbocycles. The Hall–Kier alpha value is -4.71. The Bertz CT molecular complexity index is 1590. The van der Waals surface area contributed by atoms with Crippen LogP contribution in [0.5, 0.6) is 0 Å². The maximum Gasteiger partial charge on any atom is 0.306 e. The summed E-state index contributed by atoms with van der Waals surface area (Å²) in [4.78, 5) is 38.1. The van der Waals surface area contributed by atoms with Crippen molar-refractivity contribution >= 4 is 17.9 Å². The van der Waals surface area contributed by atoms with Crippen molar-refractivity contribution in [3.8, 4) is 0 Å². The molecule has 6 heteroatoms. The molecule has 0 aromatic heterocycles. The van der Waals surface area contributed by atoms with Crippen LogP contribution in [0.4, 0.5) is 0 Å². The Labute approximate surface area is 436 Å². The van der Waals surface area contributed by atoms with Gasteiger partial charge in [0, 0.05) is 19.3 Å². The number of allylic oxidation sites excluding steroid dienone is 24. The van der Waals surface area contributed by atoms with Crippen molar-refractivity contribution in [2.75, 3.05) is 13.2 Å². The molecule has 0 saturated heterocycles. The molecule has 0 aromatic carbocycles. The minimum atomic E-state index is -0.838. The Morgan fingerprint density at radius 2 is 0.563 bits per heavy atom. The van der Waals surface area contributed by atoms with Crippen molar-refractivity contribution in [1.29, 1.82) is 0 Å². The Kier molecular flexibility index (Phi) is 54.0. The summed E-state index contributed by atoms with van der Waals surface area (Å²) < 4.78 is 16.8. The molecule has 0 radical (unpaired) electrons. The number of ether oxygens (including phenoxy) is 3. The quantitative estimate of drug-likeness (QED) is 0.0262. The molecule has 0 fully saturated rings. The van der Waals surface area contributed by atoms with Crippen LogP contribution in [0.3, 0.4) is 0 Å². The molecule has 6 nitrogen and oxygen atoms in total. The highest BCUT2D eigenvalue weighted by Gasteiger charge is 2.19. The Morgan fingerprint density at radius 3 is 0.930 bits per heavy atom. The molecule has 0 bridgehead atoms. The molecule has 1 unspecified atom stereocenters. The molecule has 398 valence electrons. The molecular formula is C65H102O6. The average molecular weight is 980 g/mol. The second kappa shape index (κ2) is 57.9. The third-order valence-electron chi connectivity index (χ3n) is 11.3. The molecule has 0 N–H and O–H groups in total. The van der Waals surface area contributed by atoms with E-state index < -0.39 is 6.10 Å². The van der Waals surface area contributed by atoms with E-state index in [0.717, 1.165) is 122 Å². The SMILES string of the molecule is CC/C=C\C/C=C\C/C=C\C/C=C\C/C=C\CCCC(=O)OC(COC(=O)CCCC/C=C\C/C=C\C/C=C\C/C=C\CC)COC(=O)CCCCCCCC/C=C\C/C=C\C/C=C\CCCCCCC. The summed E-state index contributed by atoms with van der Waals surface area (Å²) in [5.41, 5.74) is 0. The molecule has 0 aliphatic heterocycles. The molecule has 0 rings (SSSR count). The Balaban J connectivity index is 4.56. The second-order valence-corrected chi connectivity index (χ2v) is 18.1. The maximum atomic E-state index is 12.8. The minimum Gasteiger partial charge on any atom is -0.462 e. The average Bonchev–Trinajstić information content (AvgIpc) is 3.37. The normalized spacial score (nSPS) is 13.2. The number of unbranched alkanes of at least 4 members (excludes halogenated alkanes) is 14. The van der Waals surface area contributed by atoms with Crippen LogP contribution in [0, 0.1) is 0 Å². The van der Waals surface area contributed by atoms with Gasteiger partial charge in [-0.2, -0.15) is 0 Å². The lowest BCUT2D eigenvalue weighted by molar-refractivity contribution is -0.167. The first kappa shape index (κ1) is 66.3. The van der Waals surface area contributed by atoms with E-state index in [9.17, 15) is 14.4 Å². The lowest BCUT2D eigenvalue weighted by Crippen LogP contribution is -2.30. The summed E-state index contributed by atoms with van der Waals surface area (Å²) in [6.45, 7) is 6.29. The molecule has 0 aromatic rings. The van der Waals surface area contributed by atoms with Gasteiger partial charge >= 0.3 is 17.9 Å². The fourth-order valence-electron chi connectivity index (χ4n) is 7.12. The lowest BCUT2D eigenvalue weighted by Gasteiger charge is -2.18. The van der Waals surface area contributed by atoms with Gasteiger partial charge in [0.25, 0.3) is 0 Å². The van der Waals surface area contributed by atoms with E-state index >= 15 is 0 Å². The van der Waals surface area contributed by atoms with Crippen molar-refractivity contribution in [2.24, 2.45) is 0 Å². The zero-order chi connectivity index (χ0) is 51.4. The van der Waals surface area contributed by atoms with Crippen molar-refractivity contribution in [2.45, 2.75) is 232 Å². The summed E-state index contributed by atoms with van der Waals surface area (Å²) in [5, 5.41) is 0. The zero-order valence-electron chi connectivity index (χ0n) is 45.4. The predicted molar refractivity (Wildman–Crippen MR) is 306 cm³/mol. The van der Waals surface area contributed by atoms with Gasteiger partial charge in [0.05, 0.1) is 0 Å². The van der Waals surface area contributed by atoms with E-state index in [1.807, 2.05) is 0 Å². The number of esters is 3. The van der Waals surface area contributed by atoms with Crippen LogP contribution in [-0.2, 0) is 28.6 Å². The monoisotopic (exact) mass is 979 g/mol. The van der Waals surface area contributed by atoms with Crippen LogP contribution in [0.2, 0.25) is 0 Å². The third-order valence-corrected chi connectivity index (χ3v) is 11.3. The summed E-state index contributed by atoms with van der Waals surface area (Å²) >= 11 is 0. The fraction of sp³-hybridized carbons (Fsp3) is 0.585. The van der Waals surface area contributed by atoms with Crippen molar-refractivity contribution < 1.29 is 28.6 Å². The van der Waals surface area contributed by atoms with Crippen LogP contribution >= 0.6 is 0 Å². The molecule has 0 spiro atoms. The van der Waals surface area contributed by atoms with E-state index in [-0.39, 0.29) is 44.0 Å². The molecule has 71 heavy (non-hydrogen) atoms. The summed E-state index contributed by atoms with van der Waals surface area (Å²) in [5.74, 6) is -1.05. The number of carbonyl (C=O) groups is 3. The van der Waals surface area contributed by atoms with Gasteiger partial charge in [0.1, 0.15) is 13.2 Å². The smallest absolute Gasteiger partial charge is 0.306 e. The van der Waals surface area contributed by atoms with Gasteiger partial charge in [-0.1, -0.05) is 218 Å². The van der Waals surface area contributed by atoms with Gasteiger partial charge < -0.3 is 14.2 Å². The van der Waals surface area contributed by atoms with Gasteiger partial charge in [-0.25, -0.2) is 0 Å². The lowest BCUT2D eigenvalue weighted by atomic mass is 10.1. The molecule has 0 heterocycles. The van der Waals surface area contributed by atoms with Crippen LogP contribution in [0.25, 0.3) is 0 Å². The van der Waals surface area contributed by atoms with Crippen molar-refractivity contribution in [1.82, 2.24) is 0 Å². The van der Waals surface area contributed by atoms with Crippen LogP contribution in [-0.4, -0.2) is 37.2 Å². The highest BCUT2D eigenvalue weighted by atomic mass is 16.6. The third kappa shape index (κ3) is 56.1. The fourth-order valence-corrected chi connectivity index (χ4v) is 7.12. The first-order chi connectivity index (χ1) is 35.0. The van der Waals surface area contributed by atoms with Gasteiger partial charge in [0.2, 0.25) is 0 Å². The standard InChI is InChI=1S/C65H102O6/c1-4-7-10-13-16-19-22-25-28-30-31-32-33-35-37-40-43-46-49-52-55-58-64(67)70-61-62(60-69-63(66)57-54-51-48-45-42-39-36-27-24-21-18-15-12-9-6-3)71-65(68)59-56-53-50-47-44-41-38-34-29-26-23-20-17-14-11-8-5-2/h8-9,11-12,17-18,20-22,25-27,29-31,33,35-36,38,41-42,45,47,50,62H,4-7,10,13-16,19,23-24,28,32,34,37,39-40,43-44,46,48-49,51-61H2,1-3H3/b11-8-,12-9-,20-17-,21-18-,25-22-,29-26-,31-30-,35-33-,36-27-,41-38-,45-42-,50-47-. The number of hydrogen-bond donors (Lipinski definition) is 0. The Morgan fingerprint density at radius 1 is 0.296 bits per heavy atom. The highest BCUT2D eigenvalue weighted by molar-refractivity contribution is 5.71. The minimum absolute atomic E-state index is 0.127. The molecule has 0 aliphatic rings. The molecular weight excluding hydrogens is 877 g/mol. The first-order valence-electron chi connectivity index (χ1n) is 28.3. The predicted octanol–water partition coefficient (Wildman–Crippen LogP) is 19.2. The van der Waals surface area contributed by atoms with Crippen LogP contribution < -0.4 is 0 Å².